The van der Waals surface area contributed by atoms with Crippen LogP contribution in [0.3, 0.4) is 0 Å². The van der Waals surface area contributed by atoms with Gasteiger partial charge in [0, 0.05) is 40.7 Å². The molecule has 1 atom stereocenters. The van der Waals surface area contributed by atoms with E-state index in [2.05, 4.69) is 16.9 Å². The normalized spacial score (nSPS) is 12.4. The van der Waals surface area contributed by atoms with Gasteiger partial charge in [0.05, 0.1) is 12.1 Å². The van der Waals surface area contributed by atoms with Crippen molar-refractivity contribution in [2.24, 2.45) is 5.73 Å². The molecule has 2 heterocycles. The van der Waals surface area contributed by atoms with Gasteiger partial charge in [-0.05, 0) is 31.5 Å². The molecule has 0 aliphatic rings. The molecule has 0 bridgehead atoms. The third-order valence-electron chi connectivity index (χ3n) is 4.40. The molecular formula is C21H25N3O3. The molecule has 6 heteroatoms. The summed E-state index contributed by atoms with van der Waals surface area (Å²) in [6.07, 6.45) is 6.74. The molecule has 1 aromatic carbocycles. The highest BCUT2D eigenvalue weighted by Gasteiger charge is 2.14. The Hall–Kier alpha value is -2.73. The first kappa shape index (κ1) is 19.0. The van der Waals surface area contributed by atoms with E-state index in [-0.39, 0.29) is 6.10 Å². The molecule has 142 valence electrons. The minimum Gasteiger partial charge on any atom is -0.472 e. The Morgan fingerprint density at radius 1 is 1.19 bits per heavy atom. The number of hydrogen-bond donors (Lipinski definition) is 1. The molecule has 6 nitrogen and oxygen atoms in total. The van der Waals surface area contributed by atoms with Gasteiger partial charge in [-0.25, -0.2) is 4.98 Å². The predicted octanol–water partition coefficient (Wildman–Crippen LogP) is 3.86. The minimum absolute atomic E-state index is 0.146. The molecule has 3 rings (SSSR count). The number of aromatic nitrogens is 2. The van der Waals surface area contributed by atoms with Gasteiger partial charge >= 0.3 is 0 Å². The van der Waals surface area contributed by atoms with Gasteiger partial charge in [0.1, 0.15) is 6.10 Å². The maximum atomic E-state index is 11.5. The van der Waals surface area contributed by atoms with Crippen LogP contribution < -0.4 is 10.5 Å². The Bertz CT molecular complexity index is 943. The van der Waals surface area contributed by atoms with Crippen LogP contribution in [0.15, 0.2) is 36.7 Å². The van der Waals surface area contributed by atoms with Gasteiger partial charge in [-0.15, -0.1) is 0 Å². The fourth-order valence-electron chi connectivity index (χ4n) is 2.99. The van der Waals surface area contributed by atoms with Crippen molar-refractivity contribution in [2.75, 3.05) is 13.2 Å². The highest BCUT2D eigenvalue weighted by molar-refractivity contribution is 6.09. The average Bonchev–Trinajstić information content (AvgIpc) is 2.67. The van der Waals surface area contributed by atoms with Gasteiger partial charge in [0.2, 0.25) is 11.8 Å². The van der Waals surface area contributed by atoms with E-state index in [1.165, 1.54) is 12.8 Å². The first-order valence-electron chi connectivity index (χ1n) is 9.32. The molecule has 2 N–H and O–H groups in total. The lowest BCUT2D eigenvalue weighted by atomic mass is 10.1. The molecule has 0 fully saturated rings. The number of carbonyl (C=O) groups is 1. The van der Waals surface area contributed by atoms with E-state index in [9.17, 15) is 4.79 Å². The zero-order valence-electron chi connectivity index (χ0n) is 15.8. The van der Waals surface area contributed by atoms with Crippen molar-refractivity contribution in [3.05, 3.63) is 42.2 Å². The van der Waals surface area contributed by atoms with E-state index in [1.54, 1.807) is 24.5 Å². The van der Waals surface area contributed by atoms with Crippen LogP contribution in [0.5, 0.6) is 5.88 Å². The van der Waals surface area contributed by atoms with Crippen molar-refractivity contribution >= 4 is 27.6 Å². The summed E-state index contributed by atoms with van der Waals surface area (Å²) in [5.41, 5.74) is 6.46. The molecular weight excluding hydrogens is 342 g/mol. The topological polar surface area (TPSA) is 87.3 Å². The molecule has 0 aliphatic carbocycles. The zero-order valence-corrected chi connectivity index (χ0v) is 15.8. The van der Waals surface area contributed by atoms with Crippen LogP contribution in [-0.2, 0) is 4.74 Å². The van der Waals surface area contributed by atoms with Crippen molar-refractivity contribution in [3.63, 3.8) is 0 Å². The van der Waals surface area contributed by atoms with Crippen molar-refractivity contribution in [2.45, 2.75) is 39.2 Å². The molecule has 0 saturated carbocycles. The second-order valence-corrected chi connectivity index (χ2v) is 6.64. The predicted molar refractivity (Wildman–Crippen MR) is 106 cm³/mol. The van der Waals surface area contributed by atoms with Gasteiger partial charge in [0.15, 0.2) is 0 Å². The number of amides is 1. The highest BCUT2D eigenvalue weighted by atomic mass is 16.5. The lowest BCUT2D eigenvalue weighted by Gasteiger charge is -2.16. The second-order valence-electron chi connectivity index (χ2n) is 6.64. The number of rotatable bonds is 9. The third kappa shape index (κ3) is 4.52. The first-order chi connectivity index (χ1) is 13.1. The monoisotopic (exact) mass is 367 g/mol. The first-order valence-corrected chi connectivity index (χ1v) is 9.32. The average molecular weight is 367 g/mol. The summed E-state index contributed by atoms with van der Waals surface area (Å²) in [4.78, 5) is 20.3. The van der Waals surface area contributed by atoms with Gasteiger partial charge < -0.3 is 15.2 Å². The molecule has 27 heavy (non-hydrogen) atoms. The summed E-state index contributed by atoms with van der Waals surface area (Å²) in [5.74, 6) is 0.0208. The Morgan fingerprint density at radius 3 is 2.81 bits per heavy atom. The highest BCUT2D eigenvalue weighted by Crippen LogP contribution is 2.31. The number of unbranched alkanes of at least 4 members (excludes halogenated alkanes) is 2. The van der Waals surface area contributed by atoms with Crippen molar-refractivity contribution in [1.82, 2.24) is 9.97 Å². The molecule has 2 aromatic heterocycles. The van der Waals surface area contributed by atoms with Crippen molar-refractivity contribution in [3.8, 4) is 5.88 Å². The molecule has 3 aromatic rings. The van der Waals surface area contributed by atoms with Crippen LogP contribution in [0.1, 0.15) is 43.5 Å². The number of benzene rings is 1. The number of pyridine rings is 2. The van der Waals surface area contributed by atoms with E-state index in [1.807, 2.05) is 19.1 Å². The fourth-order valence-corrected chi connectivity index (χ4v) is 2.99. The number of primary amides is 1. The summed E-state index contributed by atoms with van der Waals surface area (Å²) >= 11 is 0. The number of nitrogens with two attached hydrogens (primary N) is 1. The van der Waals surface area contributed by atoms with Gasteiger partial charge in [-0.3, -0.25) is 9.78 Å². The second kappa shape index (κ2) is 8.77. The standard InChI is InChI=1S/C21H25N3O3/c1-3-4-5-10-26-13-14(2)27-21-17-8-9-23-12-18(17)16-7-6-15(20(22)25)11-19(16)24-21/h6-9,11-12,14H,3-5,10,13H2,1-2H3,(H2,22,25)/t14-/m1/s1. The number of hydrogen-bond acceptors (Lipinski definition) is 5. The van der Waals surface area contributed by atoms with E-state index >= 15 is 0 Å². The third-order valence-corrected chi connectivity index (χ3v) is 4.40. The Balaban J connectivity index is 1.87. The number of fused-ring (bicyclic) bond motifs is 3. The molecule has 0 saturated heterocycles. The quantitative estimate of drug-likeness (QED) is 0.458. The molecule has 1 amide bonds. The fraction of sp³-hybridized carbons (Fsp3) is 0.381. The Morgan fingerprint density at radius 2 is 2.04 bits per heavy atom. The van der Waals surface area contributed by atoms with Crippen LogP contribution in [-0.4, -0.2) is 35.2 Å². The van der Waals surface area contributed by atoms with Crippen molar-refractivity contribution in [1.29, 1.82) is 0 Å². The van der Waals surface area contributed by atoms with Gasteiger partial charge in [0.25, 0.3) is 0 Å². The lowest BCUT2D eigenvalue weighted by Crippen LogP contribution is -2.20. The van der Waals surface area contributed by atoms with E-state index in [0.29, 0.717) is 23.6 Å². The van der Waals surface area contributed by atoms with Crippen LogP contribution in [0.4, 0.5) is 0 Å². The minimum atomic E-state index is -0.485. The van der Waals surface area contributed by atoms with Crippen molar-refractivity contribution < 1.29 is 14.3 Å². The van der Waals surface area contributed by atoms with Gasteiger partial charge in [-0.1, -0.05) is 25.8 Å². The van der Waals surface area contributed by atoms with Crippen LogP contribution in [0.25, 0.3) is 21.7 Å². The molecule has 0 spiro atoms. The maximum absolute atomic E-state index is 11.5. The SMILES string of the molecule is CCCCCOC[C@@H](C)Oc1nc2cc(C(N)=O)ccc2c2cnccc12. The molecule has 0 radical (unpaired) electrons. The maximum Gasteiger partial charge on any atom is 0.248 e. The number of ether oxygens (including phenoxy) is 2. The van der Waals surface area contributed by atoms with Crippen LogP contribution in [0, 0.1) is 0 Å². The molecule has 0 aliphatic heterocycles. The number of carbonyl (C=O) groups excluding carboxylic acids is 1. The smallest absolute Gasteiger partial charge is 0.248 e. The Kier molecular flexibility index (Phi) is 6.19. The summed E-state index contributed by atoms with van der Waals surface area (Å²) in [6, 6.07) is 7.11. The zero-order chi connectivity index (χ0) is 19.2. The summed E-state index contributed by atoms with van der Waals surface area (Å²) in [7, 11) is 0. The summed E-state index contributed by atoms with van der Waals surface area (Å²) in [5, 5.41) is 2.70. The van der Waals surface area contributed by atoms with E-state index in [4.69, 9.17) is 15.2 Å². The lowest BCUT2D eigenvalue weighted by molar-refractivity contribution is 0.0555. The van der Waals surface area contributed by atoms with E-state index < -0.39 is 5.91 Å². The largest absolute Gasteiger partial charge is 0.472 e. The Labute approximate surface area is 158 Å². The van der Waals surface area contributed by atoms with E-state index in [0.717, 1.165) is 29.2 Å². The summed E-state index contributed by atoms with van der Waals surface area (Å²) < 4.78 is 11.8. The van der Waals surface area contributed by atoms with Crippen LogP contribution in [0.2, 0.25) is 0 Å². The van der Waals surface area contributed by atoms with Crippen LogP contribution >= 0.6 is 0 Å². The van der Waals surface area contributed by atoms with Gasteiger partial charge in [-0.2, -0.15) is 0 Å². The molecule has 0 unspecified atom stereocenters. The summed E-state index contributed by atoms with van der Waals surface area (Å²) in [6.45, 7) is 5.36. The number of nitrogens with zero attached hydrogens (tertiary/aromatic N) is 2.